The van der Waals surface area contributed by atoms with E-state index >= 15 is 0 Å². The predicted molar refractivity (Wildman–Crippen MR) is 104 cm³/mol. The van der Waals surface area contributed by atoms with Gasteiger partial charge in [-0.05, 0) is 23.9 Å². The van der Waals surface area contributed by atoms with Crippen molar-refractivity contribution in [2.75, 3.05) is 12.3 Å². The molecule has 0 atom stereocenters. The van der Waals surface area contributed by atoms with Crippen LogP contribution >= 0.6 is 23.1 Å². The molecule has 1 N–H and O–H groups in total. The predicted octanol–water partition coefficient (Wildman–Crippen LogP) is 2.97. The van der Waals surface area contributed by atoms with Crippen LogP contribution in [0, 0.1) is 6.92 Å². The van der Waals surface area contributed by atoms with E-state index in [2.05, 4.69) is 5.32 Å². The maximum absolute atomic E-state index is 12.5. The summed E-state index contributed by atoms with van der Waals surface area (Å²) in [4.78, 5) is 39.2. The van der Waals surface area contributed by atoms with E-state index in [0.717, 1.165) is 10.4 Å². The van der Waals surface area contributed by atoms with E-state index in [1.165, 1.54) is 22.7 Å². The number of nitrogens with one attached hydrogen (secondary N) is 1. The number of carbonyl (C=O) groups is 3. The van der Waals surface area contributed by atoms with Crippen LogP contribution in [-0.4, -0.2) is 34.8 Å². The lowest BCUT2D eigenvalue weighted by Crippen LogP contribution is -2.37. The van der Waals surface area contributed by atoms with Gasteiger partial charge in [0.25, 0.3) is 0 Å². The molecule has 0 spiro atoms. The van der Waals surface area contributed by atoms with Gasteiger partial charge in [0.2, 0.25) is 11.8 Å². The van der Waals surface area contributed by atoms with Gasteiger partial charge in [-0.25, -0.2) is 0 Å². The number of rotatable bonds is 6. The largest absolute Gasteiger partial charge is 0.350 e. The number of aryl methyl sites for hydroxylation is 1. The molecule has 134 valence electrons. The Kier molecular flexibility index (Phi) is 5.90. The molecular formula is C19H18N2O3S2. The number of benzene rings is 1. The number of thiophene rings is 1. The molecule has 5 nitrogen and oxygen atoms in total. The SMILES string of the molecule is Cc1ccccc1C(=O)/C=C1\SCC(=O)N1CC(=O)NCc1cccs1. The van der Waals surface area contributed by atoms with Crippen LogP contribution in [0.2, 0.25) is 0 Å². The van der Waals surface area contributed by atoms with Gasteiger partial charge in [-0.1, -0.05) is 42.1 Å². The van der Waals surface area contributed by atoms with Crippen LogP contribution in [0.3, 0.4) is 0 Å². The van der Waals surface area contributed by atoms with E-state index in [1.807, 2.05) is 42.6 Å². The van der Waals surface area contributed by atoms with Crippen molar-refractivity contribution in [3.05, 3.63) is 68.9 Å². The lowest BCUT2D eigenvalue weighted by Gasteiger charge is -2.16. The van der Waals surface area contributed by atoms with Crippen LogP contribution in [0.15, 0.2) is 52.9 Å². The highest BCUT2D eigenvalue weighted by Crippen LogP contribution is 2.29. The number of thioether (sulfide) groups is 1. The molecule has 2 aromatic rings. The average molecular weight is 386 g/mol. The van der Waals surface area contributed by atoms with Gasteiger partial charge in [0.05, 0.1) is 17.3 Å². The highest BCUT2D eigenvalue weighted by atomic mass is 32.2. The second kappa shape index (κ2) is 8.33. The molecule has 2 amide bonds. The minimum Gasteiger partial charge on any atom is -0.350 e. The fourth-order valence-electron chi connectivity index (χ4n) is 2.54. The molecule has 1 fully saturated rings. The fraction of sp³-hybridized carbons (Fsp3) is 0.211. The first-order chi connectivity index (χ1) is 12.5. The molecule has 0 saturated carbocycles. The zero-order valence-electron chi connectivity index (χ0n) is 14.2. The second-order valence-electron chi connectivity index (χ2n) is 5.79. The van der Waals surface area contributed by atoms with Crippen molar-refractivity contribution in [2.45, 2.75) is 13.5 Å². The summed E-state index contributed by atoms with van der Waals surface area (Å²) >= 11 is 2.84. The van der Waals surface area contributed by atoms with Crippen LogP contribution in [0.5, 0.6) is 0 Å². The number of ketones is 1. The Morgan fingerprint density at radius 1 is 1.23 bits per heavy atom. The van der Waals surface area contributed by atoms with E-state index < -0.39 is 0 Å². The van der Waals surface area contributed by atoms with Crippen LogP contribution in [0.4, 0.5) is 0 Å². The quantitative estimate of drug-likeness (QED) is 0.612. The van der Waals surface area contributed by atoms with Crippen molar-refractivity contribution in [1.82, 2.24) is 10.2 Å². The van der Waals surface area contributed by atoms with Crippen molar-refractivity contribution in [3.63, 3.8) is 0 Å². The van der Waals surface area contributed by atoms with Gasteiger partial charge in [0.1, 0.15) is 6.54 Å². The van der Waals surface area contributed by atoms with E-state index in [9.17, 15) is 14.4 Å². The highest BCUT2D eigenvalue weighted by molar-refractivity contribution is 8.04. The molecule has 7 heteroatoms. The maximum atomic E-state index is 12.5. The summed E-state index contributed by atoms with van der Waals surface area (Å²) in [6.07, 6.45) is 1.45. The van der Waals surface area contributed by atoms with Crippen molar-refractivity contribution in [2.24, 2.45) is 0 Å². The molecule has 1 aromatic heterocycles. The van der Waals surface area contributed by atoms with E-state index in [0.29, 0.717) is 17.1 Å². The van der Waals surface area contributed by atoms with Gasteiger partial charge < -0.3 is 5.32 Å². The van der Waals surface area contributed by atoms with Gasteiger partial charge in [-0.15, -0.1) is 11.3 Å². The lowest BCUT2D eigenvalue weighted by atomic mass is 10.1. The third-order valence-electron chi connectivity index (χ3n) is 3.92. The van der Waals surface area contributed by atoms with Crippen molar-refractivity contribution < 1.29 is 14.4 Å². The van der Waals surface area contributed by atoms with Crippen LogP contribution < -0.4 is 5.32 Å². The third kappa shape index (κ3) is 4.42. The molecular weight excluding hydrogens is 368 g/mol. The Bertz CT molecular complexity index is 859. The Balaban J connectivity index is 1.67. The molecule has 26 heavy (non-hydrogen) atoms. The number of nitrogens with zero attached hydrogens (tertiary/aromatic N) is 1. The summed E-state index contributed by atoms with van der Waals surface area (Å²) in [7, 11) is 0. The first kappa shape index (κ1) is 18.4. The Labute approximate surface area is 160 Å². The number of hydrogen-bond donors (Lipinski definition) is 1. The van der Waals surface area contributed by atoms with Gasteiger partial charge >= 0.3 is 0 Å². The summed E-state index contributed by atoms with van der Waals surface area (Å²) < 4.78 is 0. The minimum absolute atomic E-state index is 0.0793. The van der Waals surface area contributed by atoms with Crippen molar-refractivity contribution >= 4 is 40.7 Å². The maximum Gasteiger partial charge on any atom is 0.240 e. The molecule has 0 aliphatic carbocycles. The zero-order chi connectivity index (χ0) is 18.5. The molecule has 1 aromatic carbocycles. The topological polar surface area (TPSA) is 66.5 Å². The summed E-state index contributed by atoms with van der Waals surface area (Å²) in [6, 6.07) is 11.2. The molecule has 0 bridgehead atoms. The standard InChI is InChI=1S/C19H18N2O3S2/c1-13-5-2-3-7-15(13)16(22)9-19-21(18(24)12-26-19)11-17(23)20-10-14-6-4-8-25-14/h2-9H,10-12H2,1H3,(H,20,23)/b19-9-. The molecule has 1 aliphatic heterocycles. The average Bonchev–Trinajstić information content (AvgIpc) is 3.25. The van der Waals surface area contributed by atoms with Gasteiger partial charge in [-0.3, -0.25) is 19.3 Å². The highest BCUT2D eigenvalue weighted by Gasteiger charge is 2.29. The van der Waals surface area contributed by atoms with Gasteiger partial charge in [0, 0.05) is 16.5 Å². The molecule has 3 rings (SSSR count). The summed E-state index contributed by atoms with van der Waals surface area (Å²) in [5, 5.41) is 5.27. The zero-order valence-corrected chi connectivity index (χ0v) is 15.9. The summed E-state index contributed by atoms with van der Waals surface area (Å²) in [6.45, 7) is 2.23. The molecule has 1 saturated heterocycles. The van der Waals surface area contributed by atoms with Crippen LogP contribution in [-0.2, 0) is 16.1 Å². The van der Waals surface area contributed by atoms with Crippen LogP contribution in [0.25, 0.3) is 0 Å². The Morgan fingerprint density at radius 2 is 2.04 bits per heavy atom. The number of amides is 2. The Hall–Kier alpha value is -2.38. The van der Waals surface area contributed by atoms with E-state index in [1.54, 1.807) is 17.4 Å². The summed E-state index contributed by atoms with van der Waals surface area (Å²) in [5.74, 6) is -0.330. The first-order valence-corrected chi connectivity index (χ1v) is 9.95. The lowest BCUT2D eigenvalue weighted by molar-refractivity contribution is -0.131. The Morgan fingerprint density at radius 3 is 2.77 bits per heavy atom. The molecule has 0 radical (unpaired) electrons. The van der Waals surface area contributed by atoms with Gasteiger partial charge in [0.15, 0.2) is 5.78 Å². The first-order valence-electron chi connectivity index (χ1n) is 8.08. The van der Waals surface area contributed by atoms with Crippen LogP contribution in [0.1, 0.15) is 20.8 Å². The van der Waals surface area contributed by atoms with Crippen molar-refractivity contribution in [1.29, 1.82) is 0 Å². The minimum atomic E-state index is -0.247. The smallest absolute Gasteiger partial charge is 0.240 e. The third-order valence-corrected chi connectivity index (χ3v) is 5.82. The number of carbonyl (C=O) groups excluding carboxylic acids is 3. The molecule has 1 aliphatic rings. The number of hydrogen-bond acceptors (Lipinski definition) is 5. The van der Waals surface area contributed by atoms with Gasteiger partial charge in [-0.2, -0.15) is 0 Å². The fourth-order valence-corrected chi connectivity index (χ4v) is 4.12. The normalized spacial score (nSPS) is 15.5. The second-order valence-corrected chi connectivity index (χ2v) is 7.81. The summed E-state index contributed by atoms with van der Waals surface area (Å²) in [5.41, 5.74) is 1.48. The number of allylic oxidation sites excluding steroid dienone is 1. The molecule has 0 unspecified atom stereocenters. The van der Waals surface area contributed by atoms with Crippen molar-refractivity contribution in [3.8, 4) is 0 Å². The monoisotopic (exact) mass is 386 g/mol. The van der Waals surface area contributed by atoms with E-state index in [4.69, 9.17) is 0 Å². The van der Waals surface area contributed by atoms with E-state index in [-0.39, 0.29) is 29.9 Å². The molecule has 2 heterocycles.